The molecular formula is C16H13ClN2O4. The second-order valence-electron chi connectivity index (χ2n) is 4.89. The highest BCUT2D eigenvalue weighted by molar-refractivity contribution is 6.45. The molecule has 0 bridgehead atoms. The second-order valence-corrected chi connectivity index (χ2v) is 5.33. The molecule has 0 radical (unpaired) electrons. The average Bonchev–Trinajstić information content (AvgIpc) is 2.53. The minimum absolute atomic E-state index is 0.134. The fourth-order valence-electron chi connectivity index (χ4n) is 1.94. The standard InChI is InChI=1S/C16H13ClN2O4/c1-10-3-2-4-12(9-10)18-16(21)14(17)15(20)11-5-7-13(8-6-11)19(22)23/h2-9,14H,1H3,(H,18,21)/t14-/m0/s1. The number of nitrogens with zero attached hydrogens (tertiary/aromatic N) is 1. The molecule has 2 aromatic rings. The van der Waals surface area contributed by atoms with E-state index in [1.54, 1.807) is 18.2 Å². The molecule has 0 saturated heterocycles. The van der Waals surface area contributed by atoms with Crippen molar-refractivity contribution in [2.75, 3.05) is 5.32 Å². The van der Waals surface area contributed by atoms with E-state index >= 15 is 0 Å². The molecule has 0 heterocycles. The molecule has 0 unspecified atom stereocenters. The number of alkyl halides is 1. The SMILES string of the molecule is Cc1cccc(NC(=O)[C@@H](Cl)C(=O)c2ccc([N+](=O)[O-])cc2)c1. The molecule has 6 nitrogen and oxygen atoms in total. The Morgan fingerprint density at radius 3 is 2.39 bits per heavy atom. The van der Waals surface area contributed by atoms with Crippen molar-refractivity contribution in [3.05, 3.63) is 69.8 Å². The maximum absolute atomic E-state index is 12.2. The van der Waals surface area contributed by atoms with E-state index in [0.29, 0.717) is 5.69 Å². The summed E-state index contributed by atoms with van der Waals surface area (Å²) in [6, 6.07) is 12.0. The van der Waals surface area contributed by atoms with Crippen molar-refractivity contribution in [2.24, 2.45) is 0 Å². The minimum atomic E-state index is -1.42. The van der Waals surface area contributed by atoms with Crippen molar-refractivity contribution < 1.29 is 14.5 Å². The molecule has 0 aliphatic carbocycles. The molecule has 118 valence electrons. The lowest BCUT2D eigenvalue weighted by atomic mass is 10.1. The highest BCUT2D eigenvalue weighted by atomic mass is 35.5. The number of hydrogen-bond acceptors (Lipinski definition) is 4. The van der Waals surface area contributed by atoms with E-state index < -0.39 is 22.0 Å². The normalized spacial score (nSPS) is 11.6. The lowest BCUT2D eigenvalue weighted by molar-refractivity contribution is -0.384. The van der Waals surface area contributed by atoms with Gasteiger partial charge in [0.2, 0.25) is 5.91 Å². The number of nitro groups is 1. The highest BCUT2D eigenvalue weighted by Crippen LogP contribution is 2.17. The Hall–Kier alpha value is -2.73. The Labute approximate surface area is 137 Å². The number of rotatable bonds is 5. The third kappa shape index (κ3) is 4.14. The molecule has 0 aliphatic heterocycles. The van der Waals surface area contributed by atoms with E-state index in [1.807, 2.05) is 13.0 Å². The van der Waals surface area contributed by atoms with Crippen LogP contribution in [0.5, 0.6) is 0 Å². The van der Waals surface area contributed by atoms with Crippen molar-refractivity contribution in [3.8, 4) is 0 Å². The molecule has 1 atom stereocenters. The van der Waals surface area contributed by atoms with Gasteiger partial charge >= 0.3 is 0 Å². The fraction of sp³-hybridized carbons (Fsp3) is 0.125. The van der Waals surface area contributed by atoms with Gasteiger partial charge < -0.3 is 5.32 Å². The summed E-state index contributed by atoms with van der Waals surface area (Å²) in [4.78, 5) is 34.2. The Balaban J connectivity index is 2.09. The largest absolute Gasteiger partial charge is 0.324 e. The summed E-state index contributed by atoms with van der Waals surface area (Å²) in [6.07, 6.45) is 0. The first-order valence-electron chi connectivity index (χ1n) is 6.69. The van der Waals surface area contributed by atoms with Crippen molar-refractivity contribution in [3.63, 3.8) is 0 Å². The van der Waals surface area contributed by atoms with E-state index in [4.69, 9.17) is 11.6 Å². The molecule has 2 rings (SSSR count). The van der Waals surface area contributed by atoms with Crippen LogP contribution < -0.4 is 5.32 Å². The summed E-state index contributed by atoms with van der Waals surface area (Å²) < 4.78 is 0. The number of carbonyl (C=O) groups excluding carboxylic acids is 2. The zero-order valence-electron chi connectivity index (χ0n) is 12.2. The van der Waals surface area contributed by atoms with Crippen LogP contribution in [-0.2, 0) is 4.79 Å². The maximum Gasteiger partial charge on any atom is 0.269 e. The lowest BCUT2D eigenvalue weighted by Gasteiger charge is -2.10. The lowest BCUT2D eigenvalue weighted by Crippen LogP contribution is -2.30. The van der Waals surface area contributed by atoms with Crippen molar-refractivity contribution >= 4 is 34.7 Å². The van der Waals surface area contributed by atoms with Crippen LogP contribution in [0.3, 0.4) is 0 Å². The number of hydrogen-bond donors (Lipinski definition) is 1. The Kier molecular flexibility index (Phi) is 5.08. The predicted molar refractivity (Wildman–Crippen MR) is 86.9 cm³/mol. The third-order valence-electron chi connectivity index (χ3n) is 3.11. The molecule has 0 saturated carbocycles. The quantitative estimate of drug-likeness (QED) is 0.299. The van der Waals surface area contributed by atoms with Crippen molar-refractivity contribution in [1.82, 2.24) is 0 Å². The van der Waals surface area contributed by atoms with E-state index in [-0.39, 0.29) is 11.3 Å². The molecule has 2 aromatic carbocycles. The van der Waals surface area contributed by atoms with Crippen LogP contribution in [0.15, 0.2) is 48.5 Å². The van der Waals surface area contributed by atoms with Crippen molar-refractivity contribution in [2.45, 2.75) is 12.3 Å². The zero-order chi connectivity index (χ0) is 17.0. The molecule has 7 heteroatoms. The van der Waals surface area contributed by atoms with Gasteiger partial charge in [0.05, 0.1) is 4.92 Å². The number of nitrogens with one attached hydrogen (secondary N) is 1. The summed E-state index contributed by atoms with van der Waals surface area (Å²) in [7, 11) is 0. The number of amides is 1. The van der Waals surface area contributed by atoms with Gasteiger partial charge in [-0.15, -0.1) is 11.6 Å². The van der Waals surface area contributed by atoms with Crippen LogP contribution in [0.25, 0.3) is 0 Å². The van der Waals surface area contributed by atoms with Gasteiger partial charge in [0.25, 0.3) is 5.69 Å². The summed E-state index contributed by atoms with van der Waals surface area (Å²) in [6.45, 7) is 1.87. The van der Waals surface area contributed by atoms with E-state index in [0.717, 1.165) is 5.56 Å². The smallest absolute Gasteiger partial charge is 0.269 e. The monoisotopic (exact) mass is 332 g/mol. The predicted octanol–water partition coefficient (Wildman–Crippen LogP) is 3.33. The first kappa shape index (κ1) is 16.6. The fourth-order valence-corrected chi connectivity index (χ4v) is 2.12. The number of carbonyl (C=O) groups is 2. The van der Waals surface area contributed by atoms with Gasteiger partial charge in [0.15, 0.2) is 11.2 Å². The van der Waals surface area contributed by atoms with E-state index in [1.165, 1.54) is 24.3 Å². The average molecular weight is 333 g/mol. The van der Waals surface area contributed by atoms with Crippen LogP contribution in [0.4, 0.5) is 11.4 Å². The van der Waals surface area contributed by atoms with E-state index in [2.05, 4.69) is 5.32 Å². The first-order chi connectivity index (χ1) is 10.9. The third-order valence-corrected chi connectivity index (χ3v) is 3.51. The highest BCUT2D eigenvalue weighted by Gasteiger charge is 2.25. The van der Waals surface area contributed by atoms with Gasteiger partial charge in [-0.2, -0.15) is 0 Å². The Bertz CT molecular complexity index is 759. The number of ketones is 1. The van der Waals surface area contributed by atoms with Gasteiger partial charge in [-0.1, -0.05) is 12.1 Å². The number of Topliss-reactive ketones (excluding diaryl/α,β-unsaturated/α-hetero) is 1. The second kappa shape index (κ2) is 7.02. The summed E-state index contributed by atoms with van der Waals surface area (Å²) in [5.41, 5.74) is 1.49. The number of nitro benzene ring substituents is 1. The van der Waals surface area contributed by atoms with Gasteiger partial charge in [-0.25, -0.2) is 0 Å². The van der Waals surface area contributed by atoms with Crippen LogP contribution in [-0.4, -0.2) is 22.0 Å². The van der Waals surface area contributed by atoms with Crippen LogP contribution in [0.1, 0.15) is 15.9 Å². The molecular weight excluding hydrogens is 320 g/mol. The Morgan fingerprint density at radius 2 is 1.83 bits per heavy atom. The molecule has 0 spiro atoms. The van der Waals surface area contributed by atoms with Gasteiger partial charge in [-0.3, -0.25) is 19.7 Å². The molecule has 0 aliphatic rings. The molecule has 0 fully saturated rings. The van der Waals surface area contributed by atoms with Crippen molar-refractivity contribution in [1.29, 1.82) is 0 Å². The topological polar surface area (TPSA) is 89.3 Å². The molecule has 0 aromatic heterocycles. The summed E-state index contributed by atoms with van der Waals surface area (Å²) in [5, 5.41) is 11.7. The maximum atomic E-state index is 12.2. The Morgan fingerprint density at radius 1 is 1.17 bits per heavy atom. The van der Waals surface area contributed by atoms with Gasteiger partial charge in [-0.05, 0) is 36.8 Å². The number of anilines is 1. The van der Waals surface area contributed by atoms with Crippen LogP contribution >= 0.6 is 11.6 Å². The molecule has 23 heavy (non-hydrogen) atoms. The summed E-state index contributed by atoms with van der Waals surface area (Å²) in [5.74, 6) is -1.27. The molecule has 1 amide bonds. The minimum Gasteiger partial charge on any atom is -0.324 e. The number of benzene rings is 2. The number of non-ortho nitro benzene ring substituents is 1. The van der Waals surface area contributed by atoms with Crippen LogP contribution in [0.2, 0.25) is 0 Å². The number of halogens is 1. The van der Waals surface area contributed by atoms with Gasteiger partial charge in [0, 0.05) is 23.4 Å². The zero-order valence-corrected chi connectivity index (χ0v) is 12.9. The first-order valence-corrected chi connectivity index (χ1v) is 7.12. The number of aryl methyl sites for hydroxylation is 1. The van der Waals surface area contributed by atoms with Crippen LogP contribution in [0, 0.1) is 17.0 Å². The van der Waals surface area contributed by atoms with Gasteiger partial charge in [0.1, 0.15) is 0 Å². The summed E-state index contributed by atoms with van der Waals surface area (Å²) >= 11 is 5.91. The molecule has 1 N–H and O–H groups in total. The van der Waals surface area contributed by atoms with E-state index in [9.17, 15) is 19.7 Å².